The summed E-state index contributed by atoms with van der Waals surface area (Å²) in [6, 6.07) is 9.32. The van der Waals surface area contributed by atoms with Gasteiger partial charge in [0.1, 0.15) is 0 Å². The number of nitrogens with one attached hydrogen (secondary N) is 1. The Morgan fingerprint density at radius 3 is 2.77 bits per heavy atom. The average molecular weight is 540 g/mol. The molecule has 0 radical (unpaired) electrons. The molecule has 1 unspecified atom stereocenters. The van der Waals surface area contributed by atoms with E-state index < -0.39 is 17.6 Å². The first kappa shape index (κ1) is 26.6. The number of pyridine rings is 2. The zero-order valence-corrected chi connectivity index (χ0v) is 21.5. The molecule has 0 spiro atoms. The number of amides is 2. The van der Waals surface area contributed by atoms with Gasteiger partial charge in [-0.05, 0) is 56.7 Å². The maximum Gasteiger partial charge on any atom is 0.416 e. The lowest BCUT2D eigenvalue weighted by Gasteiger charge is -2.37. The van der Waals surface area contributed by atoms with Crippen molar-refractivity contribution in [2.45, 2.75) is 44.9 Å². The van der Waals surface area contributed by atoms with Crippen LogP contribution in [0, 0.1) is 6.92 Å². The van der Waals surface area contributed by atoms with E-state index >= 15 is 0 Å². The van der Waals surface area contributed by atoms with Crippen LogP contribution in [-0.4, -0.2) is 47.6 Å². The summed E-state index contributed by atoms with van der Waals surface area (Å²) >= 11 is 0. The Labute approximate surface area is 223 Å². The van der Waals surface area contributed by atoms with Crippen LogP contribution in [0.15, 0.2) is 54.9 Å². The van der Waals surface area contributed by atoms with E-state index in [-0.39, 0.29) is 23.6 Å². The summed E-state index contributed by atoms with van der Waals surface area (Å²) in [5.74, 6) is -0.109. The maximum absolute atomic E-state index is 13.2. The number of hydrogen-bond acceptors (Lipinski definition) is 6. The van der Waals surface area contributed by atoms with Crippen LogP contribution in [0.3, 0.4) is 0 Å². The number of fused-ring (bicyclic) bond motifs is 3. The molecule has 1 fully saturated rings. The Morgan fingerprint density at radius 1 is 1.18 bits per heavy atom. The lowest BCUT2D eigenvalue weighted by Crippen LogP contribution is -2.40. The Hall–Kier alpha value is -3.99. The van der Waals surface area contributed by atoms with Crippen LogP contribution in [-0.2, 0) is 15.7 Å². The number of aromatic nitrogens is 2. The van der Waals surface area contributed by atoms with Gasteiger partial charge < -0.3 is 15.0 Å². The minimum Gasteiger partial charge on any atom is -0.379 e. The normalized spacial score (nSPS) is 19.6. The highest BCUT2D eigenvalue weighted by atomic mass is 19.4. The van der Waals surface area contributed by atoms with E-state index in [0.717, 1.165) is 23.4 Å². The highest BCUT2D eigenvalue weighted by molar-refractivity contribution is 6.04. The number of benzene rings is 1. The van der Waals surface area contributed by atoms with Crippen molar-refractivity contribution < 1.29 is 27.5 Å². The molecule has 2 atom stereocenters. The summed E-state index contributed by atoms with van der Waals surface area (Å²) < 4.78 is 45.4. The van der Waals surface area contributed by atoms with Gasteiger partial charge in [0.2, 0.25) is 5.91 Å². The van der Waals surface area contributed by atoms with Crippen molar-refractivity contribution in [2.24, 2.45) is 0 Å². The minimum absolute atomic E-state index is 0.0115. The molecule has 4 heterocycles. The highest BCUT2D eigenvalue weighted by Crippen LogP contribution is 2.42. The van der Waals surface area contributed by atoms with E-state index in [2.05, 4.69) is 20.2 Å². The van der Waals surface area contributed by atoms with Crippen LogP contribution in [0.5, 0.6) is 0 Å². The van der Waals surface area contributed by atoms with Crippen molar-refractivity contribution in [3.05, 3.63) is 77.2 Å². The Balaban J connectivity index is 1.51. The zero-order valence-electron chi connectivity index (χ0n) is 21.5. The quantitative estimate of drug-likeness (QED) is 0.494. The highest BCUT2D eigenvalue weighted by Gasteiger charge is 2.39. The maximum atomic E-state index is 13.2. The van der Waals surface area contributed by atoms with Gasteiger partial charge in [-0.2, -0.15) is 13.2 Å². The van der Waals surface area contributed by atoms with Crippen LogP contribution in [0.4, 0.5) is 30.4 Å². The van der Waals surface area contributed by atoms with Crippen LogP contribution in [0.2, 0.25) is 0 Å². The number of carbonyl (C=O) groups excluding carboxylic acids is 2. The Morgan fingerprint density at radius 2 is 2.00 bits per heavy atom. The molecule has 2 aliphatic heterocycles. The third-order valence-corrected chi connectivity index (χ3v) is 7.12. The van der Waals surface area contributed by atoms with E-state index in [1.54, 1.807) is 17.2 Å². The minimum atomic E-state index is -4.56. The zero-order chi connectivity index (χ0) is 27.7. The predicted octanol–water partition coefficient (Wildman–Crippen LogP) is 5.15. The third kappa shape index (κ3) is 5.31. The average Bonchev–Trinajstić information content (AvgIpc) is 3.18. The topological polar surface area (TPSA) is 87.7 Å². The summed E-state index contributed by atoms with van der Waals surface area (Å²) in [6.07, 6.45) is -0.484. The number of alkyl halides is 3. The summed E-state index contributed by atoms with van der Waals surface area (Å²) in [4.78, 5) is 38.9. The van der Waals surface area contributed by atoms with Crippen LogP contribution in [0.25, 0.3) is 0 Å². The fraction of sp³-hybridized carbons (Fsp3) is 0.357. The first-order valence-electron chi connectivity index (χ1n) is 12.7. The first-order chi connectivity index (χ1) is 18.7. The van der Waals surface area contributed by atoms with Crippen LogP contribution >= 0.6 is 0 Å². The molecule has 8 nitrogen and oxygen atoms in total. The van der Waals surface area contributed by atoms with E-state index in [9.17, 15) is 22.8 Å². The fourth-order valence-corrected chi connectivity index (χ4v) is 5.24. The van der Waals surface area contributed by atoms with Crippen molar-refractivity contribution in [3.63, 3.8) is 0 Å². The Bertz CT molecular complexity index is 1400. The summed E-state index contributed by atoms with van der Waals surface area (Å²) in [7, 11) is 0. The largest absolute Gasteiger partial charge is 0.416 e. The first-order valence-corrected chi connectivity index (χ1v) is 12.7. The smallest absolute Gasteiger partial charge is 0.379 e. The van der Waals surface area contributed by atoms with E-state index in [0.29, 0.717) is 49.8 Å². The molecule has 11 heteroatoms. The van der Waals surface area contributed by atoms with Crippen molar-refractivity contribution in [3.8, 4) is 0 Å². The number of aryl methyl sites for hydroxylation is 1. The number of ether oxygens (including phenoxy) is 1. The molecule has 1 aromatic carbocycles. The van der Waals surface area contributed by atoms with E-state index in [4.69, 9.17) is 4.74 Å². The molecule has 204 valence electrons. The van der Waals surface area contributed by atoms with Gasteiger partial charge in [0.05, 0.1) is 35.8 Å². The monoisotopic (exact) mass is 539 g/mol. The lowest BCUT2D eigenvalue weighted by molar-refractivity contribution is -0.137. The number of nitrogens with zero attached hydrogens (tertiary/aromatic N) is 4. The van der Waals surface area contributed by atoms with Gasteiger partial charge >= 0.3 is 6.18 Å². The number of anilines is 3. The van der Waals surface area contributed by atoms with Gasteiger partial charge in [-0.1, -0.05) is 6.07 Å². The molecular weight excluding hydrogens is 511 g/mol. The van der Waals surface area contributed by atoms with Crippen molar-refractivity contribution >= 4 is 29.0 Å². The van der Waals surface area contributed by atoms with Gasteiger partial charge in [-0.25, -0.2) is 4.98 Å². The molecule has 0 saturated carbocycles. The lowest BCUT2D eigenvalue weighted by atomic mass is 9.99. The molecule has 2 amide bonds. The molecule has 1 saturated heterocycles. The standard InChI is InChI=1S/C28H28F3N5O3/c1-3-35-25(37)14-21-9-11-39-16-24(36(21)23-8-5-10-32-26(23)35)22-13-20(15-33-17(22)2)34-27(38)18-6-4-7-19(12-18)28(29,30)31/h4-8,10,12-13,15,21,24H,3,9,11,14,16H2,1-2H3,(H,34,38)/t21-,24?/m0/s1. The molecular formula is C28H28F3N5O3. The number of rotatable bonds is 4. The molecule has 0 bridgehead atoms. The molecule has 1 N–H and O–H groups in total. The molecule has 2 aromatic heterocycles. The molecule has 3 aromatic rings. The van der Waals surface area contributed by atoms with Gasteiger partial charge in [-0.3, -0.25) is 19.5 Å². The second-order valence-corrected chi connectivity index (χ2v) is 9.56. The van der Waals surface area contributed by atoms with E-state index in [1.807, 2.05) is 26.0 Å². The second kappa shape index (κ2) is 10.6. The molecule has 2 aliphatic rings. The van der Waals surface area contributed by atoms with Gasteiger partial charge in [0, 0.05) is 48.6 Å². The van der Waals surface area contributed by atoms with Gasteiger partial charge in [-0.15, -0.1) is 0 Å². The Kier molecular flexibility index (Phi) is 7.26. The van der Waals surface area contributed by atoms with E-state index in [1.165, 1.54) is 18.3 Å². The third-order valence-electron chi connectivity index (χ3n) is 7.12. The summed E-state index contributed by atoms with van der Waals surface area (Å²) in [5.41, 5.74) is 1.61. The van der Waals surface area contributed by atoms with Crippen LogP contribution in [0.1, 0.15) is 53.0 Å². The molecule has 0 aliphatic carbocycles. The van der Waals surface area contributed by atoms with Crippen molar-refractivity contribution in [2.75, 3.05) is 34.9 Å². The summed E-state index contributed by atoms with van der Waals surface area (Å²) in [6.45, 7) is 5.04. The van der Waals surface area contributed by atoms with Crippen molar-refractivity contribution in [1.29, 1.82) is 0 Å². The molecule has 5 rings (SSSR count). The molecule has 39 heavy (non-hydrogen) atoms. The SMILES string of the molecule is CCN1C(=O)C[C@@H]2CCOCC(c3cc(NC(=O)c4cccc(C(F)(F)F)c4)cnc3C)N2c2cccnc21. The van der Waals surface area contributed by atoms with Gasteiger partial charge in [0.25, 0.3) is 5.91 Å². The van der Waals surface area contributed by atoms with Crippen molar-refractivity contribution in [1.82, 2.24) is 9.97 Å². The van der Waals surface area contributed by atoms with Gasteiger partial charge in [0.15, 0.2) is 5.82 Å². The fourth-order valence-electron chi connectivity index (χ4n) is 5.24. The van der Waals surface area contributed by atoms with Crippen LogP contribution < -0.4 is 15.1 Å². The second-order valence-electron chi connectivity index (χ2n) is 9.56. The summed E-state index contributed by atoms with van der Waals surface area (Å²) in [5, 5.41) is 2.68. The number of halogens is 3. The number of carbonyl (C=O) groups is 2. The predicted molar refractivity (Wildman–Crippen MR) is 140 cm³/mol. The number of hydrogen-bond donors (Lipinski definition) is 1.